The van der Waals surface area contributed by atoms with Crippen molar-refractivity contribution < 1.29 is 0 Å². The molecular formula is C16H28N4. The number of rotatable bonds is 5. The fourth-order valence-electron chi connectivity index (χ4n) is 3.08. The molecule has 4 nitrogen and oxygen atoms in total. The molecular weight excluding hydrogens is 248 g/mol. The molecule has 112 valence electrons. The summed E-state index contributed by atoms with van der Waals surface area (Å²) in [5, 5.41) is 3.38. The summed E-state index contributed by atoms with van der Waals surface area (Å²) in [6, 6.07) is 0. The maximum atomic E-state index is 4.60. The van der Waals surface area contributed by atoms with Gasteiger partial charge < -0.3 is 10.2 Å². The SMILES string of the molecule is CCCc1c(NCC)ncnc1N1CCCC(C)(C)C1. The van der Waals surface area contributed by atoms with Crippen LogP contribution in [0.1, 0.15) is 52.5 Å². The van der Waals surface area contributed by atoms with E-state index in [1.807, 2.05) is 0 Å². The van der Waals surface area contributed by atoms with Crippen molar-refractivity contribution >= 4 is 11.6 Å². The molecule has 2 rings (SSSR count). The standard InChI is InChI=1S/C16H28N4/c1-5-8-13-14(17-6-2)18-12-19-15(13)20-10-7-9-16(3,4)11-20/h12H,5-11H2,1-4H3,(H,17,18,19). The molecule has 1 aromatic rings. The van der Waals surface area contributed by atoms with E-state index in [0.29, 0.717) is 5.41 Å². The van der Waals surface area contributed by atoms with Crippen molar-refractivity contribution in [2.75, 3.05) is 29.9 Å². The molecule has 2 heterocycles. The normalized spacial score (nSPS) is 18.1. The van der Waals surface area contributed by atoms with Gasteiger partial charge in [0.05, 0.1) is 0 Å². The summed E-state index contributed by atoms with van der Waals surface area (Å²) in [7, 11) is 0. The molecule has 1 aliphatic rings. The van der Waals surface area contributed by atoms with Crippen LogP contribution < -0.4 is 10.2 Å². The van der Waals surface area contributed by atoms with Crippen LogP contribution in [-0.2, 0) is 6.42 Å². The fraction of sp³-hybridized carbons (Fsp3) is 0.750. The van der Waals surface area contributed by atoms with Gasteiger partial charge in [0.15, 0.2) is 0 Å². The van der Waals surface area contributed by atoms with Crippen LogP contribution in [-0.4, -0.2) is 29.6 Å². The maximum absolute atomic E-state index is 4.60. The van der Waals surface area contributed by atoms with E-state index in [-0.39, 0.29) is 0 Å². The molecule has 1 aromatic heterocycles. The first kappa shape index (κ1) is 15.1. The molecule has 0 bridgehead atoms. The Morgan fingerprint density at radius 3 is 2.75 bits per heavy atom. The Kier molecular flexibility index (Phi) is 4.84. The topological polar surface area (TPSA) is 41.1 Å². The smallest absolute Gasteiger partial charge is 0.137 e. The van der Waals surface area contributed by atoms with Gasteiger partial charge in [0.25, 0.3) is 0 Å². The number of nitrogens with one attached hydrogen (secondary N) is 1. The van der Waals surface area contributed by atoms with Gasteiger partial charge in [-0.05, 0) is 31.6 Å². The highest BCUT2D eigenvalue weighted by molar-refractivity contribution is 5.59. The molecule has 0 aliphatic carbocycles. The zero-order valence-corrected chi connectivity index (χ0v) is 13.4. The maximum Gasteiger partial charge on any atom is 0.137 e. The van der Waals surface area contributed by atoms with E-state index in [4.69, 9.17) is 0 Å². The third-order valence-corrected chi connectivity index (χ3v) is 3.97. The zero-order chi connectivity index (χ0) is 14.6. The van der Waals surface area contributed by atoms with Crippen molar-refractivity contribution in [3.05, 3.63) is 11.9 Å². The first-order valence-corrected chi connectivity index (χ1v) is 7.90. The average Bonchev–Trinajstić information content (AvgIpc) is 2.40. The Balaban J connectivity index is 2.32. The lowest BCUT2D eigenvalue weighted by Crippen LogP contribution is -2.41. The van der Waals surface area contributed by atoms with E-state index in [0.717, 1.165) is 44.1 Å². The monoisotopic (exact) mass is 276 g/mol. The summed E-state index contributed by atoms with van der Waals surface area (Å²) in [5.74, 6) is 2.16. The second-order valence-electron chi connectivity index (χ2n) is 6.49. The van der Waals surface area contributed by atoms with E-state index >= 15 is 0 Å². The Morgan fingerprint density at radius 2 is 2.10 bits per heavy atom. The van der Waals surface area contributed by atoms with Crippen LogP contribution >= 0.6 is 0 Å². The van der Waals surface area contributed by atoms with Crippen LogP contribution in [0, 0.1) is 5.41 Å². The van der Waals surface area contributed by atoms with Crippen LogP contribution in [0.5, 0.6) is 0 Å². The van der Waals surface area contributed by atoms with Gasteiger partial charge in [0, 0.05) is 25.2 Å². The van der Waals surface area contributed by atoms with Gasteiger partial charge in [0.2, 0.25) is 0 Å². The summed E-state index contributed by atoms with van der Waals surface area (Å²) in [5.41, 5.74) is 1.67. The van der Waals surface area contributed by atoms with Crippen molar-refractivity contribution in [3.63, 3.8) is 0 Å². The Hall–Kier alpha value is -1.32. The second-order valence-corrected chi connectivity index (χ2v) is 6.49. The highest BCUT2D eigenvalue weighted by atomic mass is 15.2. The van der Waals surface area contributed by atoms with E-state index in [1.165, 1.54) is 18.4 Å². The van der Waals surface area contributed by atoms with Crippen molar-refractivity contribution in [1.29, 1.82) is 0 Å². The number of piperidine rings is 1. The lowest BCUT2D eigenvalue weighted by molar-refractivity contribution is 0.291. The predicted molar refractivity (Wildman–Crippen MR) is 85.4 cm³/mol. The summed E-state index contributed by atoms with van der Waals surface area (Å²) >= 11 is 0. The summed E-state index contributed by atoms with van der Waals surface area (Å²) in [4.78, 5) is 11.5. The van der Waals surface area contributed by atoms with E-state index in [9.17, 15) is 0 Å². The molecule has 0 radical (unpaired) electrons. The van der Waals surface area contributed by atoms with E-state index < -0.39 is 0 Å². The molecule has 0 aromatic carbocycles. The molecule has 1 fully saturated rings. The number of nitrogens with zero attached hydrogens (tertiary/aromatic N) is 3. The minimum Gasteiger partial charge on any atom is -0.370 e. The highest BCUT2D eigenvalue weighted by Crippen LogP contribution is 2.33. The van der Waals surface area contributed by atoms with Crippen LogP contribution in [0.3, 0.4) is 0 Å². The number of hydrogen-bond donors (Lipinski definition) is 1. The van der Waals surface area contributed by atoms with Gasteiger partial charge in [-0.2, -0.15) is 0 Å². The lowest BCUT2D eigenvalue weighted by Gasteiger charge is -2.39. The van der Waals surface area contributed by atoms with Gasteiger partial charge in [0.1, 0.15) is 18.0 Å². The molecule has 4 heteroatoms. The molecule has 0 amide bonds. The molecule has 0 unspecified atom stereocenters. The van der Waals surface area contributed by atoms with Gasteiger partial charge in [-0.25, -0.2) is 9.97 Å². The molecule has 20 heavy (non-hydrogen) atoms. The van der Waals surface area contributed by atoms with Gasteiger partial charge in [-0.1, -0.05) is 27.2 Å². The highest BCUT2D eigenvalue weighted by Gasteiger charge is 2.28. The first-order valence-electron chi connectivity index (χ1n) is 7.90. The van der Waals surface area contributed by atoms with Crippen molar-refractivity contribution in [2.45, 2.75) is 53.4 Å². The van der Waals surface area contributed by atoms with Crippen LogP contribution in [0.4, 0.5) is 11.6 Å². The third-order valence-electron chi connectivity index (χ3n) is 3.97. The predicted octanol–water partition coefficient (Wildman–Crippen LogP) is 3.49. The molecule has 1 N–H and O–H groups in total. The molecule has 0 atom stereocenters. The van der Waals surface area contributed by atoms with E-state index in [2.05, 4.69) is 47.9 Å². The Morgan fingerprint density at radius 1 is 1.30 bits per heavy atom. The summed E-state index contributed by atoms with van der Waals surface area (Å²) in [6.45, 7) is 12.1. The number of anilines is 2. The molecule has 1 aliphatic heterocycles. The molecule has 1 saturated heterocycles. The largest absolute Gasteiger partial charge is 0.370 e. The van der Waals surface area contributed by atoms with Crippen molar-refractivity contribution in [1.82, 2.24) is 9.97 Å². The Bertz CT molecular complexity index is 442. The first-order chi connectivity index (χ1) is 9.57. The summed E-state index contributed by atoms with van der Waals surface area (Å²) < 4.78 is 0. The zero-order valence-electron chi connectivity index (χ0n) is 13.4. The summed E-state index contributed by atoms with van der Waals surface area (Å²) in [6.07, 6.45) is 6.41. The molecule has 0 spiro atoms. The fourth-order valence-corrected chi connectivity index (χ4v) is 3.08. The van der Waals surface area contributed by atoms with Crippen molar-refractivity contribution in [2.24, 2.45) is 5.41 Å². The van der Waals surface area contributed by atoms with Gasteiger partial charge >= 0.3 is 0 Å². The van der Waals surface area contributed by atoms with Crippen LogP contribution in [0.25, 0.3) is 0 Å². The quantitative estimate of drug-likeness (QED) is 0.894. The second kappa shape index (κ2) is 6.42. The third kappa shape index (κ3) is 3.41. The average molecular weight is 276 g/mol. The van der Waals surface area contributed by atoms with E-state index in [1.54, 1.807) is 6.33 Å². The molecule has 0 saturated carbocycles. The van der Waals surface area contributed by atoms with Crippen molar-refractivity contribution in [3.8, 4) is 0 Å². The number of aromatic nitrogens is 2. The van der Waals surface area contributed by atoms with Gasteiger partial charge in [-0.3, -0.25) is 0 Å². The lowest BCUT2D eigenvalue weighted by atomic mass is 9.84. The minimum atomic E-state index is 0.380. The van der Waals surface area contributed by atoms with Crippen LogP contribution in [0.15, 0.2) is 6.33 Å². The van der Waals surface area contributed by atoms with Crippen LogP contribution in [0.2, 0.25) is 0 Å². The Labute approximate surface area is 123 Å². The minimum absolute atomic E-state index is 0.380. The number of hydrogen-bond acceptors (Lipinski definition) is 4. The van der Waals surface area contributed by atoms with Gasteiger partial charge in [-0.15, -0.1) is 0 Å².